The molecule has 0 N–H and O–H groups in total. The van der Waals surface area contributed by atoms with E-state index < -0.39 is 0 Å². The van der Waals surface area contributed by atoms with Crippen molar-refractivity contribution in [1.82, 2.24) is 9.97 Å². The van der Waals surface area contributed by atoms with Crippen LogP contribution in [0.1, 0.15) is 96.9 Å². The molecule has 1 heterocycles. The first-order chi connectivity index (χ1) is 20.4. The van der Waals surface area contributed by atoms with E-state index in [2.05, 4.69) is 50.8 Å². The highest BCUT2D eigenvalue weighted by molar-refractivity contribution is 7.98. The van der Waals surface area contributed by atoms with Gasteiger partial charge in [-0.15, -0.1) is 0 Å². The smallest absolute Gasteiger partial charge is 0.226 e. The first kappa shape index (κ1) is 29.0. The Morgan fingerprint density at radius 3 is 2.60 bits per heavy atom. The van der Waals surface area contributed by atoms with Crippen molar-refractivity contribution in [2.75, 3.05) is 6.26 Å². The summed E-state index contributed by atoms with van der Waals surface area (Å²) in [7, 11) is 0. The highest BCUT2D eigenvalue weighted by atomic mass is 35.5. The SMILES string of the molecule is C=Cc1c(C)cc(Cl)c(C2CC2)c1C(=C)C1=C(/C=C\CCCC)c2c(OCc3ccccc3)nc(SC)nc2C12CC2. The van der Waals surface area contributed by atoms with E-state index in [1.165, 1.54) is 11.1 Å². The van der Waals surface area contributed by atoms with Crippen LogP contribution in [-0.4, -0.2) is 16.2 Å². The summed E-state index contributed by atoms with van der Waals surface area (Å²) < 4.78 is 6.55. The zero-order valence-corrected chi connectivity index (χ0v) is 26.5. The third kappa shape index (κ3) is 5.18. The van der Waals surface area contributed by atoms with E-state index >= 15 is 0 Å². The topological polar surface area (TPSA) is 35.0 Å². The first-order valence-electron chi connectivity index (χ1n) is 15.1. The van der Waals surface area contributed by atoms with Crippen molar-refractivity contribution in [3.05, 3.63) is 111 Å². The Bertz CT molecular complexity index is 1610. The van der Waals surface area contributed by atoms with Crippen molar-refractivity contribution in [3.63, 3.8) is 0 Å². The molecule has 3 aliphatic rings. The molecular formula is C37H39ClN2OS. The van der Waals surface area contributed by atoms with Gasteiger partial charge in [0.15, 0.2) is 5.16 Å². The summed E-state index contributed by atoms with van der Waals surface area (Å²) in [5.41, 5.74) is 11.1. The fourth-order valence-corrected chi connectivity index (χ4v) is 7.25. The van der Waals surface area contributed by atoms with Crippen LogP contribution >= 0.6 is 23.4 Å². The number of allylic oxidation sites excluding steroid dienone is 5. The molecule has 5 heteroatoms. The molecule has 2 aromatic carbocycles. The van der Waals surface area contributed by atoms with Gasteiger partial charge in [0.05, 0.1) is 11.3 Å². The molecule has 0 atom stereocenters. The van der Waals surface area contributed by atoms with Crippen molar-refractivity contribution in [3.8, 4) is 5.88 Å². The summed E-state index contributed by atoms with van der Waals surface area (Å²) in [4.78, 5) is 10.1. The molecule has 2 saturated carbocycles. The van der Waals surface area contributed by atoms with Crippen LogP contribution in [0.4, 0.5) is 0 Å². The maximum absolute atomic E-state index is 6.99. The number of hydrogen-bond acceptors (Lipinski definition) is 4. The molecule has 1 aromatic heterocycles. The second-order valence-corrected chi connectivity index (χ2v) is 12.9. The predicted octanol–water partition coefficient (Wildman–Crippen LogP) is 10.5. The molecule has 0 unspecified atom stereocenters. The number of benzene rings is 2. The molecule has 0 saturated heterocycles. The number of aryl methyl sites for hydroxylation is 1. The second-order valence-electron chi connectivity index (χ2n) is 11.8. The predicted molar refractivity (Wildman–Crippen MR) is 178 cm³/mol. The minimum absolute atomic E-state index is 0.190. The number of nitrogens with zero attached hydrogens (tertiary/aromatic N) is 2. The Morgan fingerprint density at radius 1 is 1.19 bits per heavy atom. The van der Waals surface area contributed by atoms with Gasteiger partial charge in [-0.2, -0.15) is 4.98 Å². The first-order valence-corrected chi connectivity index (χ1v) is 16.7. The summed E-state index contributed by atoms with van der Waals surface area (Å²) in [5, 5.41) is 1.59. The third-order valence-electron chi connectivity index (χ3n) is 8.84. The van der Waals surface area contributed by atoms with Crippen molar-refractivity contribution >= 4 is 40.6 Å². The molecule has 0 radical (unpaired) electrons. The highest BCUT2D eigenvalue weighted by Crippen LogP contribution is 2.66. The Hall–Kier alpha value is -3.08. The monoisotopic (exact) mass is 594 g/mol. The second kappa shape index (κ2) is 11.9. The van der Waals surface area contributed by atoms with E-state index in [0.29, 0.717) is 18.4 Å². The summed E-state index contributed by atoms with van der Waals surface area (Å²) in [6.45, 7) is 13.9. The van der Waals surface area contributed by atoms with Crippen molar-refractivity contribution in [2.45, 2.75) is 81.9 Å². The van der Waals surface area contributed by atoms with Crippen LogP contribution in [0.3, 0.4) is 0 Å². The van der Waals surface area contributed by atoms with Gasteiger partial charge in [-0.05, 0) is 102 Å². The molecule has 216 valence electrons. The van der Waals surface area contributed by atoms with E-state index in [9.17, 15) is 0 Å². The van der Waals surface area contributed by atoms with Crippen LogP contribution in [0.15, 0.2) is 72.4 Å². The molecule has 3 aliphatic carbocycles. The van der Waals surface area contributed by atoms with E-state index in [4.69, 9.17) is 32.9 Å². The number of hydrogen-bond donors (Lipinski definition) is 0. The molecule has 3 nitrogen and oxygen atoms in total. The summed E-state index contributed by atoms with van der Waals surface area (Å²) in [6.07, 6.45) is 16.3. The number of rotatable bonds is 12. The van der Waals surface area contributed by atoms with Gasteiger partial charge in [0.1, 0.15) is 6.61 Å². The quantitative estimate of drug-likeness (QED) is 0.119. The molecule has 6 rings (SSSR count). The normalized spacial score (nSPS) is 16.8. The number of thioether (sulfide) groups is 1. The number of unbranched alkanes of at least 4 members (excludes halogenated alkanes) is 2. The van der Waals surface area contributed by atoms with Crippen LogP contribution in [-0.2, 0) is 12.0 Å². The fourth-order valence-electron chi connectivity index (χ4n) is 6.48. The van der Waals surface area contributed by atoms with E-state index in [0.717, 1.165) is 99.8 Å². The van der Waals surface area contributed by atoms with Gasteiger partial charge >= 0.3 is 0 Å². The van der Waals surface area contributed by atoms with Gasteiger partial charge in [0, 0.05) is 10.4 Å². The van der Waals surface area contributed by atoms with Gasteiger partial charge in [-0.25, -0.2) is 4.98 Å². The standard InChI is InChI=1S/C37H39ClN2OS/c1-6-8-9-13-16-28-32-34(39-36(42-5)40-35(32)41-22-25-14-11-10-12-15-25)37(19-20-37)33(28)24(4)30-27(7-2)23(3)21-29(38)31(30)26-17-18-26/h7,10-16,21,26H,2,4,6,8-9,17-20,22H2,1,3,5H3/b16-13-. The molecule has 0 amide bonds. The molecule has 0 bridgehead atoms. The van der Waals surface area contributed by atoms with E-state index in [-0.39, 0.29) is 5.41 Å². The van der Waals surface area contributed by atoms with Crippen molar-refractivity contribution in [2.24, 2.45) is 0 Å². The lowest BCUT2D eigenvalue weighted by atomic mass is 9.81. The summed E-state index contributed by atoms with van der Waals surface area (Å²) in [5.74, 6) is 1.13. The van der Waals surface area contributed by atoms with Gasteiger partial charge in [0.25, 0.3) is 0 Å². The average Bonchev–Trinajstić information content (AvgIpc) is 3.93. The van der Waals surface area contributed by atoms with Crippen LogP contribution in [0.25, 0.3) is 17.2 Å². The van der Waals surface area contributed by atoms with Gasteiger partial charge in [-0.1, -0.05) is 105 Å². The minimum atomic E-state index is -0.190. The molecule has 3 aromatic rings. The minimum Gasteiger partial charge on any atom is -0.472 e. The van der Waals surface area contributed by atoms with Crippen molar-refractivity contribution in [1.29, 1.82) is 0 Å². The molecule has 2 fully saturated rings. The lowest BCUT2D eigenvalue weighted by Gasteiger charge is -2.23. The molecule has 42 heavy (non-hydrogen) atoms. The van der Waals surface area contributed by atoms with Crippen molar-refractivity contribution < 1.29 is 4.74 Å². The number of aromatic nitrogens is 2. The summed E-state index contributed by atoms with van der Waals surface area (Å²) in [6, 6.07) is 12.4. The highest BCUT2D eigenvalue weighted by Gasteiger charge is 2.57. The van der Waals surface area contributed by atoms with Crippen LogP contribution in [0.5, 0.6) is 5.88 Å². The molecule has 1 spiro atoms. The Balaban J connectivity index is 1.55. The summed E-state index contributed by atoms with van der Waals surface area (Å²) >= 11 is 8.56. The van der Waals surface area contributed by atoms with Gasteiger partial charge < -0.3 is 4.74 Å². The zero-order chi connectivity index (χ0) is 29.4. The zero-order valence-electron chi connectivity index (χ0n) is 24.9. The molecule has 0 aliphatic heterocycles. The largest absolute Gasteiger partial charge is 0.472 e. The van der Waals surface area contributed by atoms with E-state index in [1.54, 1.807) is 11.8 Å². The average molecular weight is 595 g/mol. The van der Waals surface area contributed by atoms with Gasteiger partial charge in [0.2, 0.25) is 5.88 Å². The van der Waals surface area contributed by atoms with Crippen LogP contribution < -0.4 is 4.74 Å². The Morgan fingerprint density at radius 2 is 1.95 bits per heavy atom. The maximum atomic E-state index is 6.99. The van der Waals surface area contributed by atoms with E-state index in [1.807, 2.05) is 30.5 Å². The Kier molecular flexibility index (Phi) is 8.22. The Labute approximate surface area is 259 Å². The fraction of sp³-hybridized carbons (Fsp3) is 0.351. The lowest BCUT2D eigenvalue weighted by molar-refractivity contribution is 0.289. The lowest BCUT2D eigenvalue weighted by Crippen LogP contribution is -2.13. The maximum Gasteiger partial charge on any atom is 0.226 e. The third-order valence-corrected chi connectivity index (χ3v) is 9.70. The number of halogens is 1. The molecular weight excluding hydrogens is 556 g/mol. The number of fused-ring (bicyclic) bond motifs is 2. The van der Waals surface area contributed by atoms with Gasteiger partial charge in [-0.3, -0.25) is 0 Å². The number of ether oxygens (including phenoxy) is 1. The van der Waals surface area contributed by atoms with Crippen LogP contribution in [0, 0.1) is 6.92 Å². The van der Waals surface area contributed by atoms with Crippen LogP contribution in [0.2, 0.25) is 5.02 Å².